The molecule has 0 bridgehead atoms. The van der Waals surface area contributed by atoms with Crippen LogP contribution >= 0.6 is 0 Å². The van der Waals surface area contributed by atoms with Crippen LogP contribution in [0.15, 0.2) is 21.9 Å². The van der Waals surface area contributed by atoms with Gasteiger partial charge >= 0.3 is 5.69 Å². The van der Waals surface area contributed by atoms with Crippen molar-refractivity contribution in [1.82, 2.24) is 14.5 Å². The SMILES string of the molecule is CCCn1c(=O)[nH]c2cc[nH]c2c1=O. The number of fused-ring (bicyclic) bond motifs is 1. The van der Waals surface area contributed by atoms with Crippen LogP contribution in [-0.4, -0.2) is 14.5 Å². The molecule has 0 saturated heterocycles. The number of nitrogens with zero attached hydrogens (tertiary/aromatic N) is 1. The molecule has 2 rings (SSSR count). The van der Waals surface area contributed by atoms with Gasteiger partial charge in [-0.15, -0.1) is 0 Å². The molecule has 0 fully saturated rings. The lowest BCUT2D eigenvalue weighted by Gasteiger charge is -2.01. The van der Waals surface area contributed by atoms with Gasteiger partial charge in [-0.05, 0) is 12.5 Å². The van der Waals surface area contributed by atoms with Crippen LogP contribution in [0.2, 0.25) is 0 Å². The van der Waals surface area contributed by atoms with Gasteiger partial charge in [-0.25, -0.2) is 4.79 Å². The molecular weight excluding hydrogens is 182 g/mol. The minimum Gasteiger partial charge on any atom is -0.355 e. The summed E-state index contributed by atoms with van der Waals surface area (Å²) >= 11 is 0. The standard InChI is InChI=1S/C9H11N3O2/c1-2-5-12-8(13)7-6(3-4-10-7)11-9(12)14/h3-4,10H,2,5H2,1H3,(H,11,14). The summed E-state index contributed by atoms with van der Waals surface area (Å²) < 4.78 is 1.21. The molecule has 2 aromatic rings. The maximum absolute atomic E-state index is 11.7. The van der Waals surface area contributed by atoms with Gasteiger partial charge in [0.15, 0.2) is 0 Å². The first-order valence-corrected chi connectivity index (χ1v) is 4.54. The van der Waals surface area contributed by atoms with Gasteiger partial charge in [-0.3, -0.25) is 9.36 Å². The van der Waals surface area contributed by atoms with Crippen molar-refractivity contribution in [2.24, 2.45) is 0 Å². The third kappa shape index (κ3) is 1.17. The summed E-state index contributed by atoms with van der Waals surface area (Å²) in [4.78, 5) is 28.6. The van der Waals surface area contributed by atoms with Gasteiger partial charge in [0.05, 0.1) is 5.52 Å². The zero-order chi connectivity index (χ0) is 10.1. The Morgan fingerprint density at radius 3 is 2.93 bits per heavy atom. The minimum absolute atomic E-state index is 0.254. The van der Waals surface area contributed by atoms with E-state index in [-0.39, 0.29) is 11.2 Å². The van der Waals surface area contributed by atoms with Crippen molar-refractivity contribution in [3.63, 3.8) is 0 Å². The highest BCUT2D eigenvalue weighted by molar-refractivity contribution is 5.72. The van der Waals surface area contributed by atoms with Gasteiger partial charge in [0.2, 0.25) is 0 Å². The van der Waals surface area contributed by atoms with Crippen LogP contribution in [0, 0.1) is 0 Å². The number of aromatic amines is 2. The predicted octanol–water partition coefficient (Wildman–Crippen LogP) is 0.428. The largest absolute Gasteiger partial charge is 0.355 e. The number of hydrogen-bond acceptors (Lipinski definition) is 2. The lowest BCUT2D eigenvalue weighted by atomic mass is 10.4. The quantitative estimate of drug-likeness (QED) is 0.726. The summed E-state index contributed by atoms with van der Waals surface area (Å²) in [6.07, 6.45) is 2.40. The minimum atomic E-state index is -0.344. The lowest BCUT2D eigenvalue weighted by Crippen LogP contribution is -2.34. The Bertz CT molecular complexity index is 561. The van der Waals surface area contributed by atoms with Crippen molar-refractivity contribution in [1.29, 1.82) is 0 Å². The number of aromatic nitrogens is 3. The van der Waals surface area contributed by atoms with Crippen LogP contribution < -0.4 is 11.2 Å². The normalized spacial score (nSPS) is 10.9. The molecule has 14 heavy (non-hydrogen) atoms. The molecule has 0 spiro atoms. The second-order valence-corrected chi connectivity index (χ2v) is 3.15. The highest BCUT2D eigenvalue weighted by atomic mass is 16.2. The van der Waals surface area contributed by atoms with E-state index in [0.29, 0.717) is 17.6 Å². The van der Waals surface area contributed by atoms with Crippen LogP contribution in [-0.2, 0) is 6.54 Å². The van der Waals surface area contributed by atoms with Gasteiger partial charge in [-0.1, -0.05) is 6.92 Å². The van der Waals surface area contributed by atoms with Gasteiger partial charge in [-0.2, -0.15) is 0 Å². The van der Waals surface area contributed by atoms with Crippen LogP contribution in [0.4, 0.5) is 0 Å². The Labute approximate surface area is 79.4 Å². The molecule has 74 valence electrons. The molecule has 2 aromatic heterocycles. The molecule has 5 nitrogen and oxygen atoms in total. The monoisotopic (exact) mass is 193 g/mol. The van der Waals surface area contributed by atoms with E-state index in [2.05, 4.69) is 9.97 Å². The molecule has 0 aliphatic heterocycles. The van der Waals surface area contributed by atoms with Crippen molar-refractivity contribution >= 4 is 11.0 Å². The van der Waals surface area contributed by atoms with Crippen molar-refractivity contribution < 1.29 is 0 Å². The molecule has 0 amide bonds. The molecule has 2 heterocycles. The molecule has 0 unspecified atom stereocenters. The molecule has 5 heteroatoms. The average molecular weight is 193 g/mol. The second kappa shape index (κ2) is 3.17. The molecule has 0 radical (unpaired) electrons. The first-order chi connectivity index (χ1) is 6.74. The topological polar surface area (TPSA) is 70.7 Å². The summed E-state index contributed by atoms with van der Waals surface area (Å²) in [6.45, 7) is 2.37. The van der Waals surface area contributed by atoms with E-state index in [1.54, 1.807) is 12.3 Å². The van der Waals surface area contributed by atoms with E-state index >= 15 is 0 Å². The highest BCUT2D eigenvalue weighted by Crippen LogP contribution is 1.99. The zero-order valence-corrected chi connectivity index (χ0v) is 7.83. The Morgan fingerprint density at radius 2 is 2.21 bits per heavy atom. The van der Waals surface area contributed by atoms with Crippen molar-refractivity contribution in [2.45, 2.75) is 19.9 Å². The summed E-state index contributed by atoms with van der Waals surface area (Å²) in [5.74, 6) is 0. The molecule has 0 aromatic carbocycles. The fraction of sp³-hybridized carbons (Fsp3) is 0.333. The summed E-state index contributed by atoms with van der Waals surface area (Å²) in [7, 11) is 0. The number of nitrogens with one attached hydrogen (secondary N) is 2. The summed E-state index contributed by atoms with van der Waals surface area (Å²) in [5.41, 5.74) is 0.421. The van der Waals surface area contributed by atoms with E-state index in [0.717, 1.165) is 6.42 Å². The Balaban J connectivity index is 2.83. The molecular formula is C9H11N3O2. The van der Waals surface area contributed by atoms with Crippen LogP contribution in [0.25, 0.3) is 11.0 Å². The van der Waals surface area contributed by atoms with Crippen LogP contribution in [0.3, 0.4) is 0 Å². The Morgan fingerprint density at radius 1 is 1.43 bits per heavy atom. The van der Waals surface area contributed by atoms with Crippen molar-refractivity contribution in [3.8, 4) is 0 Å². The van der Waals surface area contributed by atoms with E-state index in [9.17, 15) is 9.59 Å². The molecule has 2 N–H and O–H groups in total. The third-order valence-electron chi connectivity index (χ3n) is 2.14. The maximum atomic E-state index is 11.7. The van der Waals surface area contributed by atoms with Gasteiger partial charge < -0.3 is 9.97 Å². The highest BCUT2D eigenvalue weighted by Gasteiger charge is 2.06. The fourth-order valence-corrected chi connectivity index (χ4v) is 1.49. The van der Waals surface area contributed by atoms with Crippen LogP contribution in [0.1, 0.15) is 13.3 Å². The first-order valence-electron chi connectivity index (χ1n) is 4.54. The lowest BCUT2D eigenvalue weighted by molar-refractivity contribution is 0.622. The Hall–Kier alpha value is -1.78. The number of hydrogen-bond donors (Lipinski definition) is 2. The maximum Gasteiger partial charge on any atom is 0.328 e. The summed E-state index contributed by atoms with van der Waals surface area (Å²) in [5, 5.41) is 0. The van der Waals surface area contributed by atoms with E-state index in [4.69, 9.17) is 0 Å². The average Bonchev–Trinajstić information content (AvgIpc) is 2.60. The van der Waals surface area contributed by atoms with E-state index in [1.807, 2.05) is 6.92 Å². The number of rotatable bonds is 2. The third-order valence-corrected chi connectivity index (χ3v) is 2.14. The van der Waals surface area contributed by atoms with Gasteiger partial charge in [0.1, 0.15) is 5.52 Å². The van der Waals surface area contributed by atoms with Crippen LogP contribution in [0.5, 0.6) is 0 Å². The molecule has 0 aliphatic carbocycles. The number of H-pyrrole nitrogens is 2. The molecule has 0 atom stereocenters. The zero-order valence-electron chi connectivity index (χ0n) is 7.83. The smallest absolute Gasteiger partial charge is 0.328 e. The van der Waals surface area contributed by atoms with E-state index in [1.165, 1.54) is 4.57 Å². The predicted molar refractivity (Wildman–Crippen MR) is 53.5 cm³/mol. The van der Waals surface area contributed by atoms with E-state index < -0.39 is 0 Å². The van der Waals surface area contributed by atoms with Gasteiger partial charge in [0.25, 0.3) is 5.56 Å². The van der Waals surface area contributed by atoms with Gasteiger partial charge in [0, 0.05) is 12.7 Å². The Kier molecular flexibility index (Phi) is 1.99. The second-order valence-electron chi connectivity index (χ2n) is 3.15. The van der Waals surface area contributed by atoms with Crippen molar-refractivity contribution in [3.05, 3.63) is 33.1 Å². The van der Waals surface area contributed by atoms with Crippen molar-refractivity contribution in [2.75, 3.05) is 0 Å². The fourth-order valence-electron chi connectivity index (χ4n) is 1.49. The summed E-state index contributed by atoms with van der Waals surface area (Å²) in [6, 6.07) is 1.68. The molecule has 0 aliphatic rings. The molecule has 0 saturated carbocycles. The first kappa shape index (κ1) is 8.80.